The first-order valence-corrected chi connectivity index (χ1v) is 6.98. The number of aliphatic carboxylic acids is 1. The van der Waals surface area contributed by atoms with E-state index in [9.17, 15) is 9.59 Å². The molecule has 1 N–H and O–H groups in total. The van der Waals surface area contributed by atoms with E-state index in [-0.39, 0.29) is 17.7 Å². The standard InChI is InChI=1S/C13H16BrNO4/c1-15(7-10-4-5-11(14)19-10)12(16)8-2-3-9(6-8)13(17)18/h4-5,8-9H,2-3,6-7H2,1H3,(H,17,18)/t8-,9+/m1/s1. The van der Waals surface area contributed by atoms with Gasteiger partial charge in [0.05, 0.1) is 12.5 Å². The smallest absolute Gasteiger partial charge is 0.306 e. The molecule has 1 heterocycles. The second kappa shape index (κ2) is 5.77. The van der Waals surface area contributed by atoms with E-state index < -0.39 is 5.97 Å². The van der Waals surface area contributed by atoms with E-state index in [1.165, 1.54) is 0 Å². The van der Waals surface area contributed by atoms with E-state index in [0.29, 0.717) is 36.2 Å². The molecule has 2 atom stereocenters. The first kappa shape index (κ1) is 14.1. The van der Waals surface area contributed by atoms with E-state index in [1.54, 1.807) is 18.0 Å². The van der Waals surface area contributed by atoms with Gasteiger partial charge in [0.25, 0.3) is 0 Å². The minimum Gasteiger partial charge on any atom is -0.481 e. The molecule has 1 aromatic rings. The summed E-state index contributed by atoms with van der Waals surface area (Å²) in [5.74, 6) is -0.649. The van der Waals surface area contributed by atoms with Crippen LogP contribution in [0.4, 0.5) is 0 Å². The van der Waals surface area contributed by atoms with Gasteiger partial charge >= 0.3 is 5.97 Å². The lowest BCUT2D eigenvalue weighted by Gasteiger charge is -2.19. The number of carboxylic acids is 1. The number of carbonyl (C=O) groups excluding carboxylic acids is 1. The molecule has 1 aliphatic carbocycles. The Bertz CT molecular complexity index is 485. The zero-order valence-corrected chi connectivity index (χ0v) is 12.2. The molecular weight excluding hydrogens is 314 g/mol. The molecule has 1 saturated carbocycles. The molecule has 0 bridgehead atoms. The molecule has 19 heavy (non-hydrogen) atoms. The molecule has 1 aromatic heterocycles. The molecule has 104 valence electrons. The molecule has 0 aliphatic heterocycles. The number of halogens is 1. The third-order valence-corrected chi connectivity index (χ3v) is 3.96. The Labute approximate surface area is 119 Å². The number of hydrogen-bond donors (Lipinski definition) is 1. The van der Waals surface area contributed by atoms with E-state index in [2.05, 4.69) is 15.9 Å². The summed E-state index contributed by atoms with van der Waals surface area (Å²) in [7, 11) is 1.72. The van der Waals surface area contributed by atoms with Gasteiger partial charge in [0.15, 0.2) is 4.67 Å². The van der Waals surface area contributed by atoms with Crippen molar-refractivity contribution < 1.29 is 19.1 Å². The van der Waals surface area contributed by atoms with Crippen LogP contribution in [0.15, 0.2) is 21.2 Å². The summed E-state index contributed by atoms with van der Waals surface area (Å²) >= 11 is 3.21. The maximum Gasteiger partial charge on any atom is 0.306 e. The van der Waals surface area contributed by atoms with Gasteiger partial charge in [0, 0.05) is 13.0 Å². The molecule has 6 heteroatoms. The largest absolute Gasteiger partial charge is 0.481 e. The molecule has 1 fully saturated rings. The Balaban J connectivity index is 1.91. The number of nitrogens with zero attached hydrogens (tertiary/aromatic N) is 1. The summed E-state index contributed by atoms with van der Waals surface area (Å²) in [6.07, 6.45) is 1.69. The van der Waals surface area contributed by atoms with Crippen molar-refractivity contribution in [2.45, 2.75) is 25.8 Å². The second-order valence-corrected chi connectivity index (χ2v) is 5.73. The van der Waals surface area contributed by atoms with Gasteiger partial charge in [0.1, 0.15) is 5.76 Å². The van der Waals surface area contributed by atoms with Crippen LogP contribution < -0.4 is 0 Å². The van der Waals surface area contributed by atoms with Crippen molar-refractivity contribution >= 4 is 27.8 Å². The predicted molar refractivity (Wildman–Crippen MR) is 71.3 cm³/mol. The third kappa shape index (κ3) is 3.37. The average molecular weight is 330 g/mol. The summed E-state index contributed by atoms with van der Waals surface area (Å²) in [6, 6.07) is 3.59. The minimum absolute atomic E-state index is 0.00345. The molecule has 0 radical (unpaired) electrons. The zero-order chi connectivity index (χ0) is 14.0. The summed E-state index contributed by atoms with van der Waals surface area (Å²) in [5.41, 5.74) is 0. The van der Waals surface area contributed by atoms with Crippen molar-refractivity contribution in [3.8, 4) is 0 Å². The minimum atomic E-state index is -0.798. The fourth-order valence-corrected chi connectivity index (χ4v) is 2.83. The van der Waals surface area contributed by atoms with Crippen LogP contribution in [0, 0.1) is 11.8 Å². The fourth-order valence-electron chi connectivity index (χ4n) is 2.49. The molecule has 1 aliphatic rings. The fraction of sp³-hybridized carbons (Fsp3) is 0.538. The lowest BCUT2D eigenvalue weighted by Crippen LogP contribution is -2.31. The Hall–Kier alpha value is -1.30. The number of carbonyl (C=O) groups is 2. The van der Waals surface area contributed by atoms with Crippen LogP contribution >= 0.6 is 15.9 Å². The average Bonchev–Trinajstić information content (AvgIpc) is 2.97. The monoisotopic (exact) mass is 329 g/mol. The Kier molecular flexibility index (Phi) is 4.29. The Morgan fingerprint density at radius 3 is 2.63 bits per heavy atom. The second-order valence-electron chi connectivity index (χ2n) is 4.95. The topological polar surface area (TPSA) is 70.8 Å². The quantitative estimate of drug-likeness (QED) is 0.921. The number of rotatable bonds is 4. The normalized spacial score (nSPS) is 22.4. The first-order chi connectivity index (χ1) is 8.97. The number of hydrogen-bond acceptors (Lipinski definition) is 3. The first-order valence-electron chi connectivity index (χ1n) is 6.19. The lowest BCUT2D eigenvalue weighted by molar-refractivity contribution is -0.141. The van der Waals surface area contributed by atoms with Gasteiger partial charge in [-0.1, -0.05) is 0 Å². The molecule has 0 spiro atoms. The van der Waals surface area contributed by atoms with E-state index in [0.717, 1.165) is 0 Å². The molecular formula is C13H16BrNO4. The van der Waals surface area contributed by atoms with Crippen LogP contribution in [0.25, 0.3) is 0 Å². The molecule has 0 aromatic carbocycles. The van der Waals surface area contributed by atoms with Gasteiger partial charge < -0.3 is 14.4 Å². The van der Waals surface area contributed by atoms with Crippen LogP contribution in [0.1, 0.15) is 25.0 Å². The van der Waals surface area contributed by atoms with Crippen molar-refractivity contribution in [1.82, 2.24) is 4.90 Å². The van der Waals surface area contributed by atoms with E-state index in [4.69, 9.17) is 9.52 Å². The van der Waals surface area contributed by atoms with Gasteiger partial charge in [-0.25, -0.2) is 0 Å². The van der Waals surface area contributed by atoms with Crippen LogP contribution in [0.3, 0.4) is 0 Å². The summed E-state index contributed by atoms with van der Waals surface area (Å²) < 4.78 is 5.99. The Morgan fingerprint density at radius 1 is 1.42 bits per heavy atom. The molecule has 0 unspecified atom stereocenters. The highest BCUT2D eigenvalue weighted by molar-refractivity contribution is 9.10. The van der Waals surface area contributed by atoms with Crippen molar-refractivity contribution in [3.05, 3.63) is 22.6 Å². The van der Waals surface area contributed by atoms with Crippen LogP contribution in [0.2, 0.25) is 0 Å². The van der Waals surface area contributed by atoms with E-state index >= 15 is 0 Å². The summed E-state index contributed by atoms with van der Waals surface area (Å²) in [4.78, 5) is 24.7. The maximum absolute atomic E-state index is 12.2. The highest BCUT2D eigenvalue weighted by Crippen LogP contribution is 2.32. The molecule has 5 nitrogen and oxygen atoms in total. The van der Waals surface area contributed by atoms with Crippen LogP contribution in [-0.2, 0) is 16.1 Å². The number of carboxylic acid groups (broad SMARTS) is 1. The van der Waals surface area contributed by atoms with Crippen molar-refractivity contribution in [1.29, 1.82) is 0 Å². The van der Waals surface area contributed by atoms with Gasteiger partial charge in [-0.15, -0.1) is 0 Å². The summed E-state index contributed by atoms with van der Waals surface area (Å²) in [6.45, 7) is 0.401. The molecule has 1 amide bonds. The van der Waals surface area contributed by atoms with Crippen LogP contribution in [0.5, 0.6) is 0 Å². The van der Waals surface area contributed by atoms with Crippen molar-refractivity contribution in [3.63, 3.8) is 0 Å². The SMILES string of the molecule is CN(Cc1ccc(Br)o1)C(=O)[C@@H]1CC[C@H](C(=O)O)C1. The molecule has 0 saturated heterocycles. The van der Waals surface area contributed by atoms with Gasteiger partial charge in [-0.2, -0.15) is 0 Å². The van der Waals surface area contributed by atoms with Gasteiger partial charge in [-0.05, 0) is 47.3 Å². The maximum atomic E-state index is 12.2. The zero-order valence-electron chi connectivity index (χ0n) is 10.6. The van der Waals surface area contributed by atoms with Crippen LogP contribution in [-0.4, -0.2) is 28.9 Å². The third-order valence-electron chi connectivity index (χ3n) is 3.53. The van der Waals surface area contributed by atoms with E-state index in [1.807, 2.05) is 6.07 Å². The predicted octanol–water partition coefficient (Wildman–Crippen LogP) is 2.50. The Morgan fingerprint density at radius 2 is 2.11 bits per heavy atom. The molecule has 2 rings (SSSR count). The van der Waals surface area contributed by atoms with Crippen molar-refractivity contribution in [2.24, 2.45) is 11.8 Å². The number of amides is 1. The number of furan rings is 1. The van der Waals surface area contributed by atoms with Crippen molar-refractivity contribution in [2.75, 3.05) is 7.05 Å². The lowest BCUT2D eigenvalue weighted by atomic mass is 10.0. The van der Waals surface area contributed by atoms with Gasteiger partial charge in [-0.3, -0.25) is 9.59 Å². The highest BCUT2D eigenvalue weighted by Gasteiger charge is 2.35. The van der Waals surface area contributed by atoms with Gasteiger partial charge in [0.2, 0.25) is 5.91 Å². The highest BCUT2D eigenvalue weighted by atomic mass is 79.9. The summed E-state index contributed by atoms with van der Waals surface area (Å²) in [5, 5.41) is 8.94.